The van der Waals surface area contributed by atoms with Gasteiger partial charge in [0.1, 0.15) is 0 Å². The van der Waals surface area contributed by atoms with Gasteiger partial charge in [0.2, 0.25) is 0 Å². The summed E-state index contributed by atoms with van der Waals surface area (Å²) in [5, 5.41) is 0. The molecule has 0 saturated heterocycles. The number of ketones is 1. The van der Waals surface area contributed by atoms with E-state index >= 15 is 0 Å². The van der Waals surface area contributed by atoms with Crippen molar-refractivity contribution in [2.24, 2.45) is 10.7 Å². The van der Waals surface area contributed by atoms with Crippen molar-refractivity contribution in [2.45, 2.75) is 6.92 Å². The van der Waals surface area contributed by atoms with E-state index in [-0.39, 0.29) is 5.78 Å². The number of guanidine groups is 1. The molecule has 1 heterocycles. The van der Waals surface area contributed by atoms with Crippen molar-refractivity contribution in [3.63, 3.8) is 0 Å². The average molecular weight is 167 g/mol. The summed E-state index contributed by atoms with van der Waals surface area (Å²) in [6, 6.07) is 0. The zero-order valence-corrected chi connectivity index (χ0v) is 7.21. The fourth-order valence-electron chi connectivity index (χ4n) is 0.968. The molecular weight excluding hydrogens is 154 g/mol. The lowest BCUT2D eigenvalue weighted by Crippen LogP contribution is -2.37. The van der Waals surface area contributed by atoms with Crippen LogP contribution in [-0.4, -0.2) is 36.3 Å². The van der Waals surface area contributed by atoms with Crippen LogP contribution in [0.1, 0.15) is 6.92 Å². The van der Waals surface area contributed by atoms with Gasteiger partial charge in [-0.15, -0.1) is 0 Å². The van der Waals surface area contributed by atoms with E-state index in [1.807, 2.05) is 0 Å². The standard InChI is InChI=1S/C8H13N3O/c1-6(2)7(12)5-11-4-3-10-8(11)9/h1,3-5H2,2H3,(H2,9,10). The molecule has 2 N–H and O–H groups in total. The Morgan fingerprint density at radius 1 is 1.83 bits per heavy atom. The molecule has 1 aliphatic rings. The molecule has 0 aromatic heterocycles. The Hall–Kier alpha value is -1.32. The maximum atomic E-state index is 11.2. The molecule has 4 nitrogen and oxygen atoms in total. The van der Waals surface area contributed by atoms with Crippen molar-refractivity contribution in [2.75, 3.05) is 19.6 Å². The van der Waals surface area contributed by atoms with Crippen LogP contribution in [0.25, 0.3) is 0 Å². The lowest BCUT2D eigenvalue weighted by Gasteiger charge is -2.15. The van der Waals surface area contributed by atoms with Crippen LogP contribution in [0.3, 0.4) is 0 Å². The highest BCUT2D eigenvalue weighted by molar-refractivity contribution is 5.98. The second-order valence-corrected chi connectivity index (χ2v) is 2.86. The molecule has 0 aromatic carbocycles. The average Bonchev–Trinajstić information content (AvgIpc) is 2.36. The summed E-state index contributed by atoms with van der Waals surface area (Å²) < 4.78 is 0. The highest BCUT2D eigenvalue weighted by Crippen LogP contribution is 2.00. The zero-order chi connectivity index (χ0) is 9.14. The number of hydrogen-bond acceptors (Lipinski definition) is 4. The number of rotatable bonds is 3. The fraction of sp³-hybridized carbons (Fsp3) is 0.500. The largest absolute Gasteiger partial charge is 0.370 e. The van der Waals surface area contributed by atoms with Gasteiger partial charge in [0.25, 0.3) is 0 Å². The molecule has 4 heteroatoms. The van der Waals surface area contributed by atoms with Gasteiger partial charge in [0.05, 0.1) is 13.1 Å². The Morgan fingerprint density at radius 3 is 2.92 bits per heavy atom. The number of nitrogens with two attached hydrogens (primary N) is 1. The Kier molecular flexibility index (Phi) is 2.47. The number of carbonyl (C=O) groups is 1. The number of carbonyl (C=O) groups excluding carboxylic acids is 1. The molecular formula is C8H13N3O. The minimum absolute atomic E-state index is 0.0232. The van der Waals surface area contributed by atoms with Crippen LogP contribution in [0.15, 0.2) is 17.1 Å². The smallest absolute Gasteiger partial charge is 0.191 e. The van der Waals surface area contributed by atoms with Crippen LogP contribution in [0.5, 0.6) is 0 Å². The second-order valence-electron chi connectivity index (χ2n) is 2.86. The van der Waals surface area contributed by atoms with Gasteiger partial charge in [-0.05, 0) is 12.5 Å². The Morgan fingerprint density at radius 2 is 2.50 bits per heavy atom. The van der Waals surface area contributed by atoms with Gasteiger partial charge in [-0.1, -0.05) is 6.58 Å². The van der Waals surface area contributed by atoms with Gasteiger partial charge in [-0.3, -0.25) is 9.79 Å². The van der Waals surface area contributed by atoms with Crippen molar-refractivity contribution in [1.29, 1.82) is 0 Å². The summed E-state index contributed by atoms with van der Waals surface area (Å²) in [6.45, 7) is 7.01. The molecule has 1 rings (SSSR count). The summed E-state index contributed by atoms with van der Waals surface area (Å²) in [5.74, 6) is 0.486. The molecule has 66 valence electrons. The van der Waals surface area contributed by atoms with Crippen molar-refractivity contribution >= 4 is 11.7 Å². The summed E-state index contributed by atoms with van der Waals surface area (Å²) in [5.41, 5.74) is 6.09. The van der Waals surface area contributed by atoms with E-state index in [0.717, 1.165) is 6.54 Å². The Labute approximate surface area is 71.8 Å². The van der Waals surface area contributed by atoms with Crippen molar-refractivity contribution in [3.8, 4) is 0 Å². The lowest BCUT2D eigenvalue weighted by molar-refractivity contribution is -0.115. The minimum Gasteiger partial charge on any atom is -0.370 e. The van der Waals surface area contributed by atoms with Crippen LogP contribution in [0.4, 0.5) is 0 Å². The van der Waals surface area contributed by atoms with Gasteiger partial charge in [-0.25, -0.2) is 0 Å². The Bertz CT molecular complexity index is 245. The van der Waals surface area contributed by atoms with Crippen molar-refractivity contribution in [3.05, 3.63) is 12.2 Å². The van der Waals surface area contributed by atoms with E-state index in [4.69, 9.17) is 5.73 Å². The summed E-state index contributed by atoms with van der Waals surface area (Å²) in [7, 11) is 0. The van der Waals surface area contributed by atoms with Crippen LogP contribution in [0.2, 0.25) is 0 Å². The number of Topliss-reactive ketones (excluding diaryl/α,β-unsaturated/α-hetero) is 1. The lowest BCUT2D eigenvalue weighted by atomic mass is 10.2. The van der Waals surface area contributed by atoms with Crippen LogP contribution in [0, 0.1) is 0 Å². The van der Waals surface area contributed by atoms with Crippen LogP contribution in [-0.2, 0) is 4.79 Å². The maximum absolute atomic E-state index is 11.2. The van der Waals surface area contributed by atoms with E-state index < -0.39 is 0 Å². The second kappa shape index (κ2) is 3.38. The predicted octanol–water partition coefficient (Wildman–Crippen LogP) is -0.238. The molecule has 0 radical (unpaired) electrons. The van der Waals surface area contributed by atoms with E-state index in [1.165, 1.54) is 0 Å². The van der Waals surface area contributed by atoms with E-state index in [2.05, 4.69) is 11.6 Å². The Balaban J connectivity index is 2.47. The third kappa shape index (κ3) is 1.84. The van der Waals surface area contributed by atoms with Crippen molar-refractivity contribution < 1.29 is 4.79 Å². The molecule has 0 saturated carbocycles. The third-order valence-corrected chi connectivity index (χ3v) is 1.78. The molecule has 0 spiro atoms. The van der Waals surface area contributed by atoms with Crippen molar-refractivity contribution in [1.82, 2.24) is 4.90 Å². The SMILES string of the molecule is C=C(C)C(=O)CN1CCN=C1N. The first kappa shape index (κ1) is 8.77. The summed E-state index contributed by atoms with van der Waals surface area (Å²) in [6.07, 6.45) is 0. The quantitative estimate of drug-likeness (QED) is 0.590. The first-order chi connectivity index (χ1) is 5.61. The molecule has 0 amide bonds. The third-order valence-electron chi connectivity index (χ3n) is 1.78. The normalized spacial score (nSPS) is 16.1. The van der Waals surface area contributed by atoms with E-state index in [0.29, 0.717) is 24.6 Å². The molecule has 0 bridgehead atoms. The van der Waals surface area contributed by atoms with Gasteiger partial charge >= 0.3 is 0 Å². The topological polar surface area (TPSA) is 58.7 Å². The van der Waals surface area contributed by atoms with E-state index in [1.54, 1.807) is 11.8 Å². The van der Waals surface area contributed by atoms with Crippen LogP contribution < -0.4 is 5.73 Å². The van der Waals surface area contributed by atoms with Gasteiger partial charge in [0, 0.05) is 6.54 Å². The summed E-state index contributed by atoms with van der Waals surface area (Å²) >= 11 is 0. The van der Waals surface area contributed by atoms with Gasteiger partial charge in [-0.2, -0.15) is 0 Å². The van der Waals surface area contributed by atoms with Gasteiger partial charge in [0.15, 0.2) is 11.7 Å². The minimum atomic E-state index is 0.0232. The predicted molar refractivity (Wildman–Crippen MR) is 47.9 cm³/mol. The zero-order valence-electron chi connectivity index (χ0n) is 7.21. The first-order valence-corrected chi connectivity index (χ1v) is 3.85. The van der Waals surface area contributed by atoms with Gasteiger partial charge < -0.3 is 10.6 Å². The molecule has 0 aromatic rings. The molecule has 1 aliphatic heterocycles. The maximum Gasteiger partial charge on any atom is 0.191 e. The molecule has 0 aliphatic carbocycles. The monoisotopic (exact) mass is 167 g/mol. The molecule has 0 fully saturated rings. The number of nitrogens with zero attached hydrogens (tertiary/aromatic N) is 2. The summed E-state index contributed by atoms with van der Waals surface area (Å²) in [4.78, 5) is 16.9. The number of hydrogen-bond donors (Lipinski definition) is 1. The molecule has 12 heavy (non-hydrogen) atoms. The highest BCUT2D eigenvalue weighted by Gasteiger charge is 2.16. The van der Waals surface area contributed by atoms with E-state index in [9.17, 15) is 4.79 Å². The fourth-order valence-corrected chi connectivity index (χ4v) is 0.968. The first-order valence-electron chi connectivity index (χ1n) is 3.85. The molecule has 0 atom stereocenters. The highest BCUT2D eigenvalue weighted by atomic mass is 16.1. The van der Waals surface area contributed by atoms with Crippen LogP contribution >= 0.6 is 0 Å². The number of aliphatic imine (C=N–C) groups is 1. The molecule has 0 unspecified atom stereocenters.